The van der Waals surface area contributed by atoms with Gasteiger partial charge in [0.05, 0.1) is 0 Å². The van der Waals surface area contributed by atoms with Crippen molar-refractivity contribution in [2.45, 2.75) is 13.0 Å². The molecule has 0 radical (unpaired) electrons. The number of aryl methyl sites for hydroxylation is 3. The molecular weight excluding hydrogens is 256 g/mol. The van der Waals surface area contributed by atoms with Gasteiger partial charge in [0.15, 0.2) is 31.3 Å². The van der Waals surface area contributed by atoms with E-state index in [0.29, 0.717) is 0 Å². The van der Waals surface area contributed by atoms with Gasteiger partial charge in [-0.3, -0.25) is 0 Å². The van der Waals surface area contributed by atoms with Gasteiger partial charge >= 0.3 is 0 Å². The van der Waals surface area contributed by atoms with Crippen LogP contribution in [0.15, 0.2) is 79.4 Å². The van der Waals surface area contributed by atoms with Crippen LogP contribution in [0.2, 0.25) is 0 Å². The first-order valence-corrected chi connectivity index (χ1v) is 7.30. The lowest BCUT2D eigenvalue weighted by Crippen LogP contribution is -2.33. The molecule has 104 valence electrons. The Kier molecular flexibility index (Phi) is 4.06. The highest BCUT2D eigenvalue weighted by molar-refractivity contribution is 5.60. The third-order valence-corrected chi connectivity index (χ3v) is 3.70. The summed E-state index contributed by atoms with van der Waals surface area (Å²) in [5.41, 5.74) is 3.89. The number of nitrogens with zero attached hydrogens (tertiary/aromatic N) is 2. The summed E-state index contributed by atoms with van der Waals surface area (Å²) in [5.74, 6) is 0. The van der Waals surface area contributed by atoms with Gasteiger partial charge in [-0.15, -0.1) is 0 Å². The van der Waals surface area contributed by atoms with E-state index in [4.69, 9.17) is 0 Å². The molecule has 0 bridgehead atoms. The topological polar surface area (TPSA) is 7.76 Å². The van der Waals surface area contributed by atoms with E-state index >= 15 is 0 Å². The summed E-state index contributed by atoms with van der Waals surface area (Å²) in [6, 6.07) is 19.3. The van der Waals surface area contributed by atoms with E-state index in [2.05, 4.69) is 84.0 Å². The van der Waals surface area contributed by atoms with E-state index in [9.17, 15) is 0 Å². The molecule has 0 atom stereocenters. The second kappa shape index (κ2) is 6.31. The zero-order chi connectivity index (χ0) is 14.5. The molecule has 2 aromatic heterocycles. The summed E-state index contributed by atoms with van der Waals surface area (Å²) in [6.45, 7) is 1.01. The number of aromatic nitrogens is 2. The highest BCUT2D eigenvalue weighted by Crippen LogP contribution is 2.15. The van der Waals surface area contributed by atoms with E-state index in [-0.39, 0.29) is 0 Å². The summed E-state index contributed by atoms with van der Waals surface area (Å²) >= 11 is 0. The quantitative estimate of drug-likeness (QED) is 0.647. The first-order chi connectivity index (χ1) is 10.3. The highest BCUT2D eigenvalue weighted by atomic mass is 14.9. The van der Waals surface area contributed by atoms with Crippen LogP contribution in [0.1, 0.15) is 5.56 Å². The molecular formula is C19H20N2+2. The van der Waals surface area contributed by atoms with Crippen molar-refractivity contribution in [3.63, 3.8) is 0 Å². The summed E-state index contributed by atoms with van der Waals surface area (Å²) in [7, 11) is 2.03. The fourth-order valence-electron chi connectivity index (χ4n) is 2.40. The van der Waals surface area contributed by atoms with Gasteiger partial charge in [0.1, 0.15) is 7.05 Å². The lowest BCUT2D eigenvalue weighted by atomic mass is 10.1. The Hall–Kier alpha value is -2.48. The van der Waals surface area contributed by atoms with Crippen molar-refractivity contribution in [2.75, 3.05) is 0 Å². The molecule has 0 aliphatic rings. The molecule has 2 heteroatoms. The molecule has 3 aromatic rings. The normalized spacial score (nSPS) is 10.5. The third-order valence-electron chi connectivity index (χ3n) is 3.70. The standard InChI is InChI=1S/C19H20N2/c1-20-12-8-18(9-13-20)19-10-15-21(16-11-19)14-7-17-5-3-2-4-6-17/h2-6,8-13,15-16H,7,14H2,1H3/q+2. The molecule has 0 saturated carbocycles. The number of hydrogen-bond acceptors (Lipinski definition) is 0. The third kappa shape index (κ3) is 3.54. The second-order valence-corrected chi connectivity index (χ2v) is 5.31. The molecule has 0 aliphatic carbocycles. The van der Waals surface area contributed by atoms with Crippen molar-refractivity contribution >= 4 is 0 Å². The van der Waals surface area contributed by atoms with Crippen LogP contribution < -0.4 is 9.13 Å². The molecule has 3 rings (SSSR count). The van der Waals surface area contributed by atoms with Gasteiger partial charge in [-0.05, 0) is 16.7 Å². The van der Waals surface area contributed by atoms with Crippen LogP contribution in [0, 0.1) is 0 Å². The Balaban J connectivity index is 1.68. The zero-order valence-electron chi connectivity index (χ0n) is 12.3. The molecule has 0 aliphatic heterocycles. The molecule has 2 nitrogen and oxygen atoms in total. The Morgan fingerprint density at radius 3 is 1.90 bits per heavy atom. The van der Waals surface area contributed by atoms with Crippen LogP contribution >= 0.6 is 0 Å². The van der Waals surface area contributed by atoms with E-state index < -0.39 is 0 Å². The van der Waals surface area contributed by atoms with Crippen LogP contribution in [0.3, 0.4) is 0 Å². The monoisotopic (exact) mass is 276 g/mol. The maximum Gasteiger partial charge on any atom is 0.169 e. The number of benzene rings is 1. The van der Waals surface area contributed by atoms with Crippen LogP contribution in [-0.2, 0) is 20.0 Å². The van der Waals surface area contributed by atoms with Crippen molar-refractivity contribution in [3.8, 4) is 11.1 Å². The van der Waals surface area contributed by atoms with E-state index in [1.807, 2.05) is 11.6 Å². The molecule has 0 N–H and O–H groups in total. The molecule has 2 heterocycles. The van der Waals surface area contributed by atoms with Gasteiger partial charge < -0.3 is 0 Å². The van der Waals surface area contributed by atoms with Gasteiger partial charge in [-0.25, -0.2) is 9.13 Å². The SMILES string of the molecule is C[n+]1ccc(-c2cc[n+](CCc3ccccc3)cc2)cc1. The maximum atomic E-state index is 2.24. The van der Waals surface area contributed by atoms with Crippen molar-refractivity contribution in [1.82, 2.24) is 0 Å². The van der Waals surface area contributed by atoms with Gasteiger partial charge in [0, 0.05) is 30.7 Å². The average molecular weight is 276 g/mol. The first kappa shape index (κ1) is 13.5. The predicted molar refractivity (Wildman–Crippen MR) is 83.4 cm³/mol. The Labute approximate surface area is 125 Å². The molecule has 0 unspecified atom stereocenters. The van der Waals surface area contributed by atoms with Crippen molar-refractivity contribution < 1.29 is 9.13 Å². The molecule has 0 amide bonds. The van der Waals surface area contributed by atoms with Crippen LogP contribution in [0.5, 0.6) is 0 Å². The lowest BCUT2D eigenvalue weighted by Gasteiger charge is -2.01. The number of pyridine rings is 2. The number of rotatable bonds is 4. The average Bonchev–Trinajstić information content (AvgIpc) is 2.55. The number of hydrogen-bond donors (Lipinski definition) is 0. The Bertz CT molecular complexity index is 686. The van der Waals surface area contributed by atoms with Gasteiger partial charge in [0.2, 0.25) is 0 Å². The second-order valence-electron chi connectivity index (χ2n) is 5.31. The Morgan fingerprint density at radius 1 is 0.714 bits per heavy atom. The van der Waals surface area contributed by atoms with Crippen LogP contribution in [0.4, 0.5) is 0 Å². The molecule has 0 saturated heterocycles. The first-order valence-electron chi connectivity index (χ1n) is 7.30. The molecule has 0 spiro atoms. The van der Waals surface area contributed by atoms with Gasteiger partial charge in [0.25, 0.3) is 0 Å². The van der Waals surface area contributed by atoms with Crippen LogP contribution in [0.25, 0.3) is 11.1 Å². The Morgan fingerprint density at radius 2 is 1.29 bits per heavy atom. The minimum Gasteiger partial charge on any atom is -0.208 e. The zero-order valence-corrected chi connectivity index (χ0v) is 12.3. The van der Waals surface area contributed by atoms with Gasteiger partial charge in [-0.1, -0.05) is 30.3 Å². The minimum absolute atomic E-state index is 1.01. The lowest BCUT2D eigenvalue weighted by molar-refractivity contribution is -0.696. The predicted octanol–water partition coefficient (Wildman–Crippen LogP) is 2.71. The van der Waals surface area contributed by atoms with E-state index in [0.717, 1.165) is 13.0 Å². The summed E-state index contributed by atoms with van der Waals surface area (Å²) in [6.07, 6.45) is 9.53. The molecule has 1 aromatic carbocycles. The minimum atomic E-state index is 1.01. The smallest absolute Gasteiger partial charge is 0.169 e. The van der Waals surface area contributed by atoms with Crippen molar-refractivity contribution in [1.29, 1.82) is 0 Å². The van der Waals surface area contributed by atoms with E-state index in [1.54, 1.807) is 0 Å². The summed E-state index contributed by atoms with van der Waals surface area (Å²) < 4.78 is 4.28. The summed E-state index contributed by atoms with van der Waals surface area (Å²) in [4.78, 5) is 0. The fourth-order valence-corrected chi connectivity index (χ4v) is 2.40. The largest absolute Gasteiger partial charge is 0.208 e. The highest BCUT2D eigenvalue weighted by Gasteiger charge is 2.04. The van der Waals surface area contributed by atoms with Crippen molar-refractivity contribution in [2.24, 2.45) is 7.05 Å². The molecule has 21 heavy (non-hydrogen) atoms. The van der Waals surface area contributed by atoms with E-state index in [1.165, 1.54) is 16.7 Å². The van der Waals surface area contributed by atoms with Crippen LogP contribution in [-0.4, -0.2) is 0 Å². The molecule has 0 fully saturated rings. The van der Waals surface area contributed by atoms with Crippen molar-refractivity contribution in [3.05, 3.63) is 84.9 Å². The summed E-state index contributed by atoms with van der Waals surface area (Å²) in [5, 5.41) is 0. The maximum absolute atomic E-state index is 2.24. The fraction of sp³-hybridized carbons (Fsp3) is 0.158. The van der Waals surface area contributed by atoms with Gasteiger partial charge in [-0.2, -0.15) is 0 Å².